The lowest BCUT2D eigenvalue weighted by molar-refractivity contribution is -0.173. The van der Waals surface area contributed by atoms with E-state index in [0.29, 0.717) is 5.88 Å². The van der Waals surface area contributed by atoms with Crippen LogP contribution in [0.4, 0.5) is 0 Å². The number of halogens is 1. The van der Waals surface area contributed by atoms with Gasteiger partial charge in [0.1, 0.15) is 5.60 Å². The molecule has 1 rings (SSSR count). The predicted molar refractivity (Wildman–Crippen MR) is 75.0 cm³/mol. The Balaban J connectivity index is 2.62. The molecule has 0 spiro atoms. The number of carbonyl (C=O) groups excluding carboxylic acids is 1. The monoisotopic (exact) mass is 275 g/mol. The minimum Gasteiger partial charge on any atom is -0.459 e. The molecule has 0 saturated carbocycles. The first kappa shape index (κ1) is 15.8. The summed E-state index contributed by atoms with van der Waals surface area (Å²) in [6.45, 7) is 7.57. The van der Waals surface area contributed by atoms with E-state index in [-0.39, 0.29) is 11.6 Å². The van der Waals surface area contributed by atoms with Gasteiger partial charge in [0.25, 0.3) is 0 Å². The van der Waals surface area contributed by atoms with Gasteiger partial charge in [-0.05, 0) is 66.0 Å². The Morgan fingerprint density at radius 3 is 2.39 bits per heavy atom. The molecule has 106 valence electrons. The minimum absolute atomic E-state index is 0.0877. The van der Waals surface area contributed by atoms with Crippen molar-refractivity contribution in [3.63, 3.8) is 0 Å². The van der Waals surface area contributed by atoms with Gasteiger partial charge in [0.2, 0.25) is 0 Å². The molecule has 1 fully saturated rings. The average Bonchev–Trinajstić information content (AvgIpc) is 2.29. The molecule has 1 heterocycles. The highest BCUT2D eigenvalue weighted by Crippen LogP contribution is 2.32. The van der Waals surface area contributed by atoms with Crippen LogP contribution in [0.5, 0.6) is 0 Å². The van der Waals surface area contributed by atoms with Gasteiger partial charge >= 0.3 is 5.97 Å². The zero-order valence-corrected chi connectivity index (χ0v) is 12.6. The fourth-order valence-electron chi connectivity index (χ4n) is 2.18. The summed E-state index contributed by atoms with van der Waals surface area (Å²) in [7, 11) is 0. The molecule has 0 unspecified atom stereocenters. The Morgan fingerprint density at radius 1 is 1.28 bits per heavy atom. The van der Waals surface area contributed by atoms with E-state index in [1.807, 2.05) is 20.8 Å². The van der Waals surface area contributed by atoms with E-state index in [1.165, 1.54) is 0 Å². The molecule has 0 radical (unpaired) electrons. The fraction of sp³-hybridized carbons (Fsp3) is 0.929. The number of unbranched alkanes of at least 4 members (excludes halogenated alkanes) is 1. The van der Waals surface area contributed by atoms with Crippen molar-refractivity contribution in [1.82, 2.24) is 5.32 Å². The quantitative estimate of drug-likeness (QED) is 0.476. The van der Waals surface area contributed by atoms with Crippen molar-refractivity contribution < 1.29 is 9.53 Å². The van der Waals surface area contributed by atoms with Crippen molar-refractivity contribution >= 4 is 17.6 Å². The van der Waals surface area contributed by atoms with Crippen LogP contribution in [0.2, 0.25) is 0 Å². The number of carbonyl (C=O) groups is 1. The first-order valence-corrected chi connectivity index (χ1v) is 7.43. The molecule has 0 aliphatic carbocycles. The summed E-state index contributed by atoms with van der Waals surface area (Å²) in [5, 5.41) is 3.32. The van der Waals surface area contributed by atoms with Crippen LogP contribution in [0.15, 0.2) is 0 Å². The van der Waals surface area contributed by atoms with Crippen molar-refractivity contribution in [2.24, 2.45) is 5.41 Å². The molecule has 1 N–H and O–H groups in total. The zero-order valence-electron chi connectivity index (χ0n) is 11.9. The van der Waals surface area contributed by atoms with Crippen LogP contribution in [0.25, 0.3) is 0 Å². The number of rotatable bonds is 5. The highest BCUT2D eigenvalue weighted by atomic mass is 35.5. The van der Waals surface area contributed by atoms with E-state index < -0.39 is 5.41 Å². The van der Waals surface area contributed by atoms with Crippen molar-refractivity contribution in [3.8, 4) is 0 Å². The summed E-state index contributed by atoms with van der Waals surface area (Å²) in [5.41, 5.74) is -0.688. The Hall–Kier alpha value is -0.280. The molecule has 4 heteroatoms. The number of ether oxygens (including phenoxy) is 1. The maximum absolute atomic E-state index is 12.1. The molecular weight excluding hydrogens is 250 g/mol. The highest BCUT2D eigenvalue weighted by molar-refractivity contribution is 6.17. The normalized spacial score (nSPS) is 19.6. The second kappa shape index (κ2) is 6.76. The van der Waals surface area contributed by atoms with Crippen LogP contribution in [-0.2, 0) is 9.53 Å². The van der Waals surface area contributed by atoms with Crippen molar-refractivity contribution in [2.75, 3.05) is 19.0 Å². The van der Waals surface area contributed by atoms with Crippen LogP contribution in [0.1, 0.15) is 52.9 Å². The number of hydrogen-bond acceptors (Lipinski definition) is 3. The van der Waals surface area contributed by atoms with Crippen LogP contribution in [-0.4, -0.2) is 30.5 Å². The van der Waals surface area contributed by atoms with E-state index in [1.54, 1.807) is 0 Å². The molecule has 3 nitrogen and oxygen atoms in total. The SMILES string of the molecule is CC(C)(C)C(=O)OC1(CCCCCl)CCNCC1. The van der Waals surface area contributed by atoms with E-state index in [4.69, 9.17) is 16.3 Å². The first-order chi connectivity index (χ1) is 8.40. The lowest BCUT2D eigenvalue weighted by Gasteiger charge is -2.39. The zero-order chi connectivity index (χ0) is 13.6. The van der Waals surface area contributed by atoms with Crippen molar-refractivity contribution in [1.29, 1.82) is 0 Å². The lowest BCUT2D eigenvalue weighted by Crippen LogP contribution is -2.47. The van der Waals surface area contributed by atoms with Gasteiger partial charge in [-0.25, -0.2) is 0 Å². The first-order valence-electron chi connectivity index (χ1n) is 6.90. The van der Waals surface area contributed by atoms with Crippen LogP contribution >= 0.6 is 11.6 Å². The molecule has 0 atom stereocenters. The van der Waals surface area contributed by atoms with Gasteiger partial charge in [0.05, 0.1) is 5.41 Å². The van der Waals surface area contributed by atoms with Crippen LogP contribution < -0.4 is 5.32 Å². The molecule has 0 aromatic carbocycles. The summed E-state index contributed by atoms with van der Waals surface area (Å²) in [6, 6.07) is 0. The lowest BCUT2D eigenvalue weighted by atomic mass is 9.86. The summed E-state index contributed by atoms with van der Waals surface area (Å²) < 4.78 is 5.87. The molecule has 1 saturated heterocycles. The van der Waals surface area contributed by atoms with Crippen LogP contribution in [0.3, 0.4) is 0 Å². The third-order valence-electron chi connectivity index (χ3n) is 3.45. The summed E-state index contributed by atoms with van der Waals surface area (Å²) in [6.07, 6.45) is 4.78. The number of piperidine rings is 1. The molecule has 0 aromatic heterocycles. The van der Waals surface area contributed by atoms with E-state index >= 15 is 0 Å². The number of nitrogens with one attached hydrogen (secondary N) is 1. The molecule has 0 amide bonds. The second-order valence-corrected chi connectivity index (χ2v) is 6.60. The Morgan fingerprint density at radius 2 is 1.89 bits per heavy atom. The highest BCUT2D eigenvalue weighted by Gasteiger charge is 2.38. The molecule has 1 aliphatic heterocycles. The third kappa shape index (κ3) is 4.77. The summed E-state index contributed by atoms with van der Waals surface area (Å²) in [4.78, 5) is 12.1. The van der Waals surface area contributed by atoms with Gasteiger partial charge in [-0.15, -0.1) is 11.6 Å². The van der Waals surface area contributed by atoms with Crippen LogP contribution in [0, 0.1) is 5.41 Å². The maximum atomic E-state index is 12.1. The Bertz CT molecular complexity index is 267. The second-order valence-electron chi connectivity index (χ2n) is 6.22. The third-order valence-corrected chi connectivity index (χ3v) is 3.72. The van der Waals surface area contributed by atoms with E-state index in [9.17, 15) is 4.79 Å². The Labute approximate surface area is 116 Å². The van der Waals surface area contributed by atoms with Gasteiger partial charge < -0.3 is 10.1 Å². The number of esters is 1. The summed E-state index contributed by atoms with van der Waals surface area (Å²) >= 11 is 5.72. The van der Waals surface area contributed by atoms with Gasteiger partial charge in [-0.2, -0.15) is 0 Å². The van der Waals surface area contributed by atoms with E-state index in [0.717, 1.165) is 45.2 Å². The molecule has 0 bridgehead atoms. The minimum atomic E-state index is -0.426. The largest absolute Gasteiger partial charge is 0.459 e. The molecule has 0 aromatic rings. The molecule has 1 aliphatic rings. The van der Waals surface area contributed by atoms with Gasteiger partial charge in [0.15, 0.2) is 0 Å². The van der Waals surface area contributed by atoms with Gasteiger partial charge in [-0.1, -0.05) is 0 Å². The topological polar surface area (TPSA) is 38.3 Å². The molecule has 18 heavy (non-hydrogen) atoms. The fourth-order valence-corrected chi connectivity index (χ4v) is 2.37. The van der Waals surface area contributed by atoms with Gasteiger partial charge in [0, 0.05) is 5.88 Å². The van der Waals surface area contributed by atoms with Crippen molar-refractivity contribution in [2.45, 2.75) is 58.5 Å². The van der Waals surface area contributed by atoms with Gasteiger partial charge in [-0.3, -0.25) is 4.79 Å². The smallest absolute Gasteiger partial charge is 0.311 e. The number of hydrogen-bond donors (Lipinski definition) is 1. The average molecular weight is 276 g/mol. The predicted octanol–water partition coefficient (Wildman–Crippen LogP) is 3.11. The maximum Gasteiger partial charge on any atom is 0.311 e. The standard InChI is InChI=1S/C14H26ClNO2/c1-13(2,3)12(17)18-14(6-4-5-9-15)7-10-16-11-8-14/h16H,4-11H2,1-3H3. The Kier molecular flexibility index (Phi) is 5.93. The molecular formula is C14H26ClNO2. The number of alkyl halides is 1. The van der Waals surface area contributed by atoms with E-state index in [2.05, 4.69) is 5.32 Å². The summed E-state index contributed by atoms with van der Waals surface area (Å²) in [5.74, 6) is 0.594. The van der Waals surface area contributed by atoms with Crippen molar-refractivity contribution in [3.05, 3.63) is 0 Å².